The highest BCUT2D eigenvalue weighted by Crippen LogP contribution is 2.19. The number of alkyl carbamates (subject to hydrolysis) is 1. The zero-order chi connectivity index (χ0) is 29.4. The maximum atomic E-state index is 13.5. The van der Waals surface area contributed by atoms with Crippen molar-refractivity contribution in [1.82, 2.24) is 20.9 Å². The number of carbonyl (C=O) groups excluding carboxylic acids is 3. The largest absolute Gasteiger partial charge is 0.480 e. The molecule has 0 saturated carbocycles. The summed E-state index contributed by atoms with van der Waals surface area (Å²) < 4.78 is 5.30. The summed E-state index contributed by atoms with van der Waals surface area (Å²) in [5.74, 6) is -2.75. The fourth-order valence-electron chi connectivity index (χ4n) is 4.28. The quantitative estimate of drug-likeness (QED) is 0.246. The van der Waals surface area contributed by atoms with E-state index in [0.29, 0.717) is 0 Å². The molecule has 40 heavy (non-hydrogen) atoms. The van der Waals surface area contributed by atoms with Gasteiger partial charge >= 0.3 is 12.1 Å². The van der Waals surface area contributed by atoms with Crippen molar-refractivity contribution in [1.29, 1.82) is 0 Å². The number of aromatic nitrogens is 1. The molecule has 0 aliphatic heterocycles. The highest BCUT2D eigenvalue weighted by molar-refractivity contribution is 5.93. The summed E-state index contributed by atoms with van der Waals surface area (Å²) in [6.45, 7) is 8.66. The Morgan fingerprint density at radius 2 is 1.48 bits per heavy atom. The molecule has 10 nitrogen and oxygen atoms in total. The third kappa shape index (κ3) is 8.59. The Morgan fingerprint density at radius 1 is 0.850 bits per heavy atom. The summed E-state index contributed by atoms with van der Waals surface area (Å²) >= 11 is 0. The minimum absolute atomic E-state index is 0.0475. The van der Waals surface area contributed by atoms with Gasteiger partial charge in [-0.25, -0.2) is 9.59 Å². The zero-order valence-electron chi connectivity index (χ0n) is 23.5. The van der Waals surface area contributed by atoms with Crippen LogP contribution in [0.3, 0.4) is 0 Å². The number of H-pyrrole nitrogens is 1. The molecule has 10 heteroatoms. The van der Waals surface area contributed by atoms with E-state index in [0.717, 1.165) is 22.0 Å². The number of carboxylic acid groups (broad SMARTS) is 1. The van der Waals surface area contributed by atoms with Crippen molar-refractivity contribution in [3.05, 3.63) is 71.9 Å². The molecule has 3 aromatic rings. The molecule has 5 N–H and O–H groups in total. The van der Waals surface area contributed by atoms with Crippen LogP contribution in [0.5, 0.6) is 0 Å². The molecule has 3 amide bonds. The van der Waals surface area contributed by atoms with Crippen LogP contribution in [0, 0.1) is 5.92 Å². The Balaban J connectivity index is 1.80. The van der Waals surface area contributed by atoms with E-state index in [-0.39, 0.29) is 18.8 Å². The Morgan fingerprint density at radius 3 is 2.10 bits per heavy atom. The molecular formula is C30H38N4O6. The van der Waals surface area contributed by atoms with Crippen LogP contribution in [0.25, 0.3) is 10.9 Å². The summed E-state index contributed by atoms with van der Waals surface area (Å²) in [5, 5.41) is 18.7. The Labute approximate surface area is 233 Å². The Hall–Kier alpha value is -4.34. The molecule has 0 fully saturated rings. The first-order valence-electron chi connectivity index (χ1n) is 13.3. The molecule has 0 spiro atoms. The van der Waals surface area contributed by atoms with Crippen molar-refractivity contribution in [2.45, 2.75) is 71.2 Å². The first-order valence-corrected chi connectivity index (χ1v) is 13.3. The van der Waals surface area contributed by atoms with Gasteiger partial charge in [0.25, 0.3) is 0 Å². The van der Waals surface area contributed by atoms with Crippen molar-refractivity contribution in [3.63, 3.8) is 0 Å². The predicted molar refractivity (Wildman–Crippen MR) is 152 cm³/mol. The minimum atomic E-state index is -1.23. The van der Waals surface area contributed by atoms with Crippen LogP contribution in [-0.2, 0) is 32.0 Å². The number of benzene rings is 2. The van der Waals surface area contributed by atoms with Crippen molar-refractivity contribution in [2.75, 3.05) is 0 Å². The smallest absolute Gasteiger partial charge is 0.408 e. The standard InChI is InChI=1S/C30H38N4O6/c1-18(2)25(34-29(39)40-30(3,4)5)27(36)32-23(15-19-11-7-6-8-12-19)26(35)33-24(28(37)38)16-20-17-31-22-14-10-9-13-21(20)22/h6-14,17-18,23-25,31H,15-16H2,1-5H3,(H,32,36)(H,33,35)(H,34,39)(H,37,38)/t23-,24-,25-/m0/s1. The monoisotopic (exact) mass is 550 g/mol. The van der Waals surface area contributed by atoms with Gasteiger partial charge in [-0.05, 0) is 43.9 Å². The summed E-state index contributed by atoms with van der Waals surface area (Å²) in [7, 11) is 0. The number of rotatable bonds is 11. The summed E-state index contributed by atoms with van der Waals surface area (Å²) in [6, 6.07) is 13.3. The van der Waals surface area contributed by atoms with Gasteiger partial charge in [-0.15, -0.1) is 0 Å². The van der Waals surface area contributed by atoms with Gasteiger partial charge in [0.05, 0.1) is 0 Å². The van der Waals surface area contributed by atoms with Gasteiger partial charge in [0.15, 0.2) is 0 Å². The second-order valence-electron chi connectivity index (χ2n) is 11.1. The molecule has 1 heterocycles. The second-order valence-corrected chi connectivity index (χ2v) is 11.1. The molecule has 0 aliphatic carbocycles. The van der Waals surface area contributed by atoms with E-state index < -0.39 is 47.6 Å². The summed E-state index contributed by atoms with van der Waals surface area (Å²) in [4.78, 5) is 54.5. The molecule has 3 rings (SSSR count). The average Bonchev–Trinajstić information content (AvgIpc) is 3.28. The third-order valence-electron chi connectivity index (χ3n) is 6.25. The van der Waals surface area contributed by atoms with Crippen LogP contribution >= 0.6 is 0 Å². The molecule has 0 aliphatic rings. The van der Waals surface area contributed by atoms with Crippen LogP contribution in [0.4, 0.5) is 4.79 Å². The predicted octanol–water partition coefficient (Wildman–Crippen LogP) is 3.56. The first kappa shape index (κ1) is 30.2. The number of ether oxygens (including phenoxy) is 1. The van der Waals surface area contributed by atoms with Gasteiger partial charge in [0, 0.05) is 29.9 Å². The first-order chi connectivity index (χ1) is 18.8. The van der Waals surface area contributed by atoms with Gasteiger partial charge in [-0.3, -0.25) is 9.59 Å². The van der Waals surface area contributed by atoms with E-state index in [2.05, 4.69) is 20.9 Å². The van der Waals surface area contributed by atoms with Crippen LogP contribution in [0.1, 0.15) is 45.7 Å². The molecule has 3 atom stereocenters. The van der Waals surface area contributed by atoms with E-state index in [1.807, 2.05) is 54.6 Å². The topological polar surface area (TPSA) is 150 Å². The molecule has 0 unspecified atom stereocenters. The number of fused-ring (bicyclic) bond motifs is 1. The van der Waals surface area contributed by atoms with Crippen LogP contribution in [-0.4, -0.2) is 57.7 Å². The molecule has 214 valence electrons. The lowest BCUT2D eigenvalue weighted by Gasteiger charge is -2.27. The van der Waals surface area contributed by atoms with Gasteiger partial charge in [0.2, 0.25) is 11.8 Å². The van der Waals surface area contributed by atoms with Crippen molar-refractivity contribution in [3.8, 4) is 0 Å². The maximum absolute atomic E-state index is 13.5. The van der Waals surface area contributed by atoms with Crippen molar-refractivity contribution >= 4 is 34.8 Å². The lowest BCUT2D eigenvalue weighted by molar-refractivity contribution is -0.142. The molecule has 0 bridgehead atoms. The number of nitrogens with one attached hydrogen (secondary N) is 4. The van der Waals surface area contributed by atoms with Crippen molar-refractivity contribution in [2.24, 2.45) is 5.92 Å². The number of aromatic amines is 1. The molecule has 0 saturated heterocycles. The van der Waals surface area contributed by atoms with E-state index >= 15 is 0 Å². The van der Waals surface area contributed by atoms with E-state index in [1.54, 1.807) is 40.8 Å². The Kier molecular flexibility index (Phi) is 9.93. The van der Waals surface area contributed by atoms with Gasteiger partial charge in [-0.1, -0.05) is 62.4 Å². The van der Waals surface area contributed by atoms with E-state index in [4.69, 9.17) is 4.74 Å². The fourth-order valence-corrected chi connectivity index (χ4v) is 4.28. The molecule has 0 radical (unpaired) electrons. The maximum Gasteiger partial charge on any atom is 0.408 e. The highest BCUT2D eigenvalue weighted by atomic mass is 16.6. The van der Waals surface area contributed by atoms with Crippen molar-refractivity contribution < 1.29 is 29.0 Å². The molecule has 2 aromatic carbocycles. The molecular weight excluding hydrogens is 512 g/mol. The minimum Gasteiger partial charge on any atom is -0.480 e. The van der Waals surface area contributed by atoms with E-state index in [9.17, 15) is 24.3 Å². The SMILES string of the molecule is CC(C)[C@H](NC(=O)OC(C)(C)C)C(=O)N[C@@H](Cc1ccccc1)C(=O)N[C@@H](Cc1c[nH]c2ccccc12)C(=O)O. The summed E-state index contributed by atoms with van der Waals surface area (Å²) in [6.07, 6.45) is 1.14. The number of carboxylic acids is 1. The molecule has 1 aromatic heterocycles. The zero-order valence-corrected chi connectivity index (χ0v) is 23.5. The van der Waals surface area contributed by atoms with E-state index in [1.165, 1.54) is 0 Å². The third-order valence-corrected chi connectivity index (χ3v) is 6.25. The van der Waals surface area contributed by atoms with Gasteiger partial charge < -0.3 is 30.8 Å². The Bertz CT molecular complexity index is 1330. The number of hydrogen-bond acceptors (Lipinski definition) is 5. The normalized spacial score (nSPS) is 13.8. The fraction of sp³-hybridized carbons (Fsp3) is 0.400. The number of para-hydroxylation sites is 1. The number of hydrogen-bond donors (Lipinski definition) is 5. The highest BCUT2D eigenvalue weighted by Gasteiger charge is 2.32. The lowest BCUT2D eigenvalue weighted by Crippen LogP contribution is -2.58. The number of amides is 3. The number of aliphatic carboxylic acids is 1. The van der Waals surface area contributed by atoms with Gasteiger partial charge in [-0.2, -0.15) is 0 Å². The average molecular weight is 551 g/mol. The second kappa shape index (κ2) is 13.1. The van der Waals surface area contributed by atoms with Crippen LogP contribution < -0.4 is 16.0 Å². The van der Waals surface area contributed by atoms with Crippen LogP contribution in [0.2, 0.25) is 0 Å². The lowest BCUT2D eigenvalue weighted by atomic mass is 10.0. The number of carbonyl (C=O) groups is 4. The van der Waals surface area contributed by atoms with Gasteiger partial charge in [0.1, 0.15) is 23.7 Å². The van der Waals surface area contributed by atoms with Crippen LogP contribution in [0.15, 0.2) is 60.8 Å². The summed E-state index contributed by atoms with van der Waals surface area (Å²) in [5.41, 5.74) is 1.62.